The molecule has 1 aliphatic heterocycles. The van der Waals surface area contributed by atoms with Gasteiger partial charge in [-0.05, 0) is 55.7 Å². The summed E-state index contributed by atoms with van der Waals surface area (Å²) in [6.07, 6.45) is 6.83. The Morgan fingerprint density at radius 2 is 1.95 bits per heavy atom. The zero-order chi connectivity index (χ0) is 14.0. The molecule has 1 spiro atoms. The van der Waals surface area contributed by atoms with Crippen LogP contribution in [0.3, 0.4) is 0 Å². The molecule has 3 heteroatoms. The lowest BCUT2D eigenvalue weighted by molar-refractivity contribution is 0.00433. The number of nitrogens with one attached hydrogen (secondary N) is 1. The number of methoxy groups -OCH3 is 1. The van der Waals surface area contributed by atoms with Crippen molar-refractivity contribution in [2.45, 2.75) is 44.1 Å². The Kier molecular flexibility index (Phi) is 4.49. The van der Waals surface area contributed by atoms with Crippen molar-refractivity contribution in [2.75, 3.05) is 20.2 Å². The van der Waals surface area contributed by atoms with Gasteiger partial charge in [0, 0.05) is 24.0 Å². The van der Waals surface area contributed by atoms with E-state index in [-0.39, 0.29) is 0 Å². The third-order valence-electron chi connectivity index (χ3n) is 5.43. The van der Waals surface area contributed by atoms with E-state index in [4.69, 9.17) is 4.74 Å². The highest BCUT2D eigenvalue weighted by Crippen LogP contribution is 2.52. The molecule has 1 unspecified atom stereocenters. The number of piperidine rings is 1. The molecule has 1 aromatic carbocycles. The minimum atomic E-state index is 0.476. The molecule has 110 valence electrons. The predicted molar refractivity (Wildman–Crippen MR) is 86.1 cm³/mol. The second-order valence-corrected chi connectivity index (χ2v) is 7.18. The first kappa shape index (κ1) is 14.6. The fourth-order valence-corrected chi connectivity index (χ4v) is 4.73. The van der Waals surface area contributed by atoms with Crippen LogP contribution in [-0.4, -0.2) is 26.3 Å². The molecular formula is C17H24BrNO. The Morgan fingerprint density at radius 3 is 2.65 bits per heavy atom. The molecule has 0 radical (unpaired) electrons. The highest BCUT2D eigenvalue weighted by Gasteiger charge is 2.44. The zero-order valence-corrected chi connectivity index (χ0v) is 13.8. The minimum Gasteiger partial charge on any atom is -0.381 e. The second-order valence-electron chi connectivity index (χ2n) is 6.33. The maximum absolute atomic E-state index is 5.56. The standard InChI is InChI=1S/C17H24BrNO/c1-20-13-6-8-17(9-7-13)10-11-19-12-15(17)14-4-2-3-5-16(14)18/h2-5,13,15,19H,6-12H2,1H3. The molecule has 2 aliphatic rings. The van der Waals surface area contributed by atoms with Crippen molar-refractivity contribution < 1.29 is 4.74 Å². The van der Waals surface area contributed by atoms with E-state index in [2.05, 4.69) is 45.5 Å². The van der Waals surface area contributed by atoms with Gasteiger partial charge < -0.3 is 10.1 Å². The van der Waals surface area contributed by atoms with E-state index < -0.39 is 0 Å². The third-order valence-corrected chi connectivity index (χ3v) is 6.15. The largest absolute Gasteiger partial charge is 0.381 e. The molecule has 2 fully saturated rings. The summed E-state index contributed by atoms with van der Waals surface area (Å²) >= 11 is 3.75. The summed E-state index contributed by atoms with van der Waals surface area (Å²) in [6.45, 7) is 2.28. The third kappa shape index (κ3) is 2.68. The number of rotatable bonds is 2. The van der Waals surface area contributed by atoms with Crippen LogP contribution in [0.5, 0.6) is 0 Å². The summed E-state index contributed by atoms with van der Waals surface area (Å²) in [6, 6.07) is 8.76. The fourth-order valence-electron chi connectivity index (χ4n) is 4.17. The fraction of sp³-hybridized carbons (Fsp3) is 0.647. The monoisotopic (exact) mass is 337 g/mol. The highest BCUT2D eigenvalue weighted by molar-refractivity contribution is 9.10. The van der Waals surface area contributed by atoms with Crippen molar-refractivity contribution in [1.82, 2.24) is 5.32 Å². The first-order valence-electron chi connectivity index (χ1n) is 7.73. The van der Waals surface area contributed by atoms with Gasteiger partial charge in [-0.1, -0.05) is 34.1 Å². The van der Waals surface area contributed by atoms with Crippen molar-refractivity contribution in [3.05, 3.63) is 34.3 Å². The van der Waals surface area contributed by atoms with E-state index in [0.29, 0.717) is 17.4 Å². The molecule has 20 heavy (non-hydrogen) atoms. The zero-order valence-electron chi connectivity index (χ0n) is 12.2. The number of benzene rings is 1. The number of halogens is 1. The van der Waals surface area contributed by atoms with Gasteiger partial charge in [-0.3, -0.25) is 0 Å². The summed E-state index contributed by atoms with van der Waals surface area (Å²) in [7, 11) is 1.86. The molecule has 1 atom stereocenters. The van der Waals surface area contributed by atoms with Crippen molar-refractivity contribution in [1.29, 1.82) is 0 Å². The Morgan fingerprint density at radius 1 is 1.20 bits per heavy atom. The lowest BCUT2D eigenvalue weighted by Crippen LogP contribution is -2.46. The van der Waals surface area contributed by atoms with E-state index in [1.807, 2.05) is 7.11 Å². The molecule has 1 saturated carbocycles. The second kappa shape index (κ2) is 6.17. The summed E-state index contributed by atoms with van der Waals surface area (Å²) < 4.78 is 6.83. The maximum Gasteiger partial charge on any atom is 0.0571 e. The summed E-state index contributed by atoms with van der Waals surface area (Å²) in [4.78, 5) is 0. The van der Waals surface area contributed by atoms with Crippen LogP contribution < -0.4 is 5.32 Å². The SMILES string of the molecule is COC1CCC2(CCNCC2c2ccccc2Br)CC1. The maximum atomic E-state index is 5.56. The molecule has 0 amide bonds. The molecule has 1 aromatic rings. The van der Waals surface area contributed by atoms with E-state index >= 15 is 0 Å². The normalized spacial score (nSPS) is 34.3. The van der Waals surface area contributed by atoms with Crippen molar-refractivity contribution in [3.63, 3.8) is 0 Å². The smallest absolute Gasteiger partial charge is 0.0571 e. The predicted octanol–water partition coefficient (Wildman–Crippen LogP) is 4.10. The number of hydrogen-bond donors (Lipinski definition) is 1. The van der Waals surface area contributed by atoms with Gasteiger partial charge in [0.05, 0.1) is 6.10 Å². The lowest BCUT2D eigenvalue weighted by Gasteiger charge is -2.49. The van der Waals surface area contributed by atoms with E-state index in [1.54, 1.807) is 0 Å². The van der Waals surface area contributed by atoms with Crippen LogP contribution in [0.2, 0.25) is 0 Å². The van der Waals surface area contributed by atoms with Gasteiger partial charge >= 0.3 is 0 Å². The van der Waals surface area contributed by atoms with Gasteiger partial charge in [-0.25, -0.2) is 0 Å². The van der Waals surface area contributed by atoms with E-state index in [0.717, 1.165) is 6.54 Å². The lowest BCUT2D eigenvalue weighted by atomic mass is 9.60. The molecular weight excluding hydrogens is 314 g/mol. The molecule has 1 aliphatic carbocycles. The van der Waals surface area contributed by atoms with Crippen molar-refractivity contribution in [2.24, 2.45) is 5.41 Å². The van der Waals surface area contributed by atoms with Crippen LogP contribution in [0.15, 0.2) is 28.7 Å². The Hall–Kier alpha value is -0.380. The molecule has 2 nitrogen and oxygen atoms in total. The van der Waals surface area contributed by atoms with Crippen molar-refractivity contribution >= 4 is 15.9 Å². The number of hydrogen-bond acceptors (Lipinski definition) is 2. The molecule has 1 saturated heterocycles. The Balaban J connectivity index is 1.86. The molecule has 1 N–H and O–H groups in total. The Bertz CT molecular complexity index is 454. The molecule has 1 heterocycles. The minimum absolute atomic E-state index is 0.476. The average molecular weight is 338 g/mol. The van der Waals surface area contributed by atoms with Gasteiger partial charge in [0.15, 0.2) is 0 Å². The van der Waals surface area contributed by atoms with Gasteiger partial charge in [0.25, 0.3) is 0 Å². The quantitative estimate of drug-likeness (QED) is 0.877. The Labute approximate surface area is 130 Å². The van der Waals surface area contributed by atoms with Gasteiger partial charge in [-0.2, -0.15) is 0 Å². The topological polar surface area (TPSA) is 21.3 Å². The highest BCUT2D eigenvalue weighted by atomic mass is 79.9. The average Bonchev–Trinajstić information content (AvgIpc) is 2.50. The molecule has 0 bridgehead atoms. The summed E-state index contributed by atoms with van der Waals surface area (Å²) in [5, 5.41) is 3.61. The van der Waals surface area contributed by atoms with E-state index in [1.165, 1.54) is 48.7 Å². The van der Waals surface area contributed by atoms with Crippen LogP contribution in [0.25, 0.3) is 0 Å². The van der Waals surface area contributed by atoms with Crippen LogP contribution in [-0.2, 0) is 4.74 Å². The first-order chi connectivity index (χ1) is 9.75. The van der Waals surface area contributed by atoms with Crippen LogP contribution in [0, 0.1) is 5.41 Å². The van der Waals surface area contributed by atoms with Gasteiger partial charge in [-0.15, -0.1) is 0 Å². The molecule has 0 aromatic heterocycles. The summed E-state index contributed by atoms with van der Waals surface area (Å²) in [5.74, 6) is 0.629. The molecule has 3 rings (SSSR count). The van der Waals surface area contributed by atoms with Gasteiger partial charge in [0.1, 0.15) is 0 Å². The van der Waals surface area contributed by atoms with Crippen LogP contribution in [0.1, 0.15) is 43.6 Å². The van der Waals surface area contributed by atoms with Crippen LogP contribution >= 0.6 is 15.9 Å². The number of ether oxygens (including phenoxy) is 1. The first-order valence-corrected chi connectivity index (χ1v) is 8.52. The van der Waals surface area contributed by atoms with E-state index in [9.17, 15) is 0 Å². The summed E-state index contributed by atoms with van der Waals surface area (Å²) in [5.41, 5.74) is 1.96. The van der Waals surface area contributed by atoms with Gasteiger partial charge in [0.2, 0.25) is 0 Å². The van der Waals surface area contributed by atoms with Crippen LogP contribution in [0.4, 0.5) is 0 Å². The van der Waals surface area contributed by atoms with Crippen molar-refractivity contribution in [3.8, 4) is 0 Å².